The van der Waals surface area contributed by atoms with E-state index in [1.165, 1.54) is 7.11 Å². The number of rotatable bonds is 5. The van der Waals surface area contributed by atoms with Gasteiger partial charge in [0.2, 0.25) is 0 Å². The van der Waals surface area contributed by atoms with E-state index in [9.17, 15) is 9.59 Å². The van der Waals surface area contributed by atoms with Gasteiger partial charge in [0, 0.05) is 5.69 Å². The fourth-order valence-corrected chi connectivity index (χ4v) is 2.83. The normalized spacial score (nSPS) is 11.7. The van der Waals surface area contributed by atoms with Gasteiger partial charge in [-0.2, -0.15) is 0 Å². The molecule has 1 unspecified atom stereocenters. The number of hydrogen-bond donors (Lipinski definition) is 1. The average molecular weight is 363 g/mol. The highest BCUT2D eigenvalue weighted by molar-refractivity contribution is 5.98. The Labute approximate surface area is 157 Å². The molecule has 0 fully saturated rings. The SMILES string of the molecule is COC(=O)c1cccc(NC(=O)C(C)Oc2ccc3ccccc3c2)c1C. The molecule has 0 aliphatic heterocycles. The zero-order valence-corrected chi connectivity index (χ0v) is 15.5. The van der Waals surface area contributed by atoms with Gasteiger partial charge in [-0.15, -0.1) is 0 Å². The lowest BCUT2D eigenvalue weighted by Gasteiger charge is -2.17. The van der Waals surface area contributed by atoms with E-state index in [-0.39, 0.29) is 5.91 Å². The minimum absolute atomic E-state index is 0.298. The van der Waals surface area contributed by atoms with Crippen LogP contribution < -0.4 is 10.1 Å². The van der Waals surface area contributed by atoms with Crippen LogP contribution in [0.3, 0.4) is 0 Å². The van der Waals surface area contributed by atoms with E-state index in [0.29, 0.717) is 22.6 Å². The molecule has 0 radical (unpaired) electrons. The number of amides is 1. The molecule has 1 amide bonds. The molecule has 3 aromatic carbocycles. The van der Waals surface area contributed by atoms with Crippen LogP contribution in [0.25, 0.3) is 10.8 Å². The van der Waals surface area contributed by atoms with E-state index in [1.807, 2.05) is 42.5 Å². The number of methoxy groups -OCH3 is 1. The third kappa shape index (κ3) is 4.08. The van der Waals surface area contributed by atoms with Crippen LogP contribution in [0.5, 0.6) is 5.75 Å². The highest BCUT2D eigenvalue weighted by Gasteiger charge is 2.18. The lowest BCUT2D eigenvalue weighted by atomic mass is 10.1. The summed E-state index contributed by atoms with van der Waals surface area (Å²) in [7, 11) is 1.33. The van der Waals surface area contributed by atoms with Gasteiger partial charge in [0.15, 0.2) is 6.10 Å². The molecule has 0 spiro atoms. The van der Waals surface area contributed by atoms with Gasteiger partial charge in [0.05, 0.1) is 12.7 Å². The molecule has 1 atom stereocenters. The van der Waals surface area contributed by atoms with Gasteiger partial charge < -0.3 is 14.8 Å². The number of nitrogens with one attached hydrogen (secondary N) is 1. The number of carbonyl (C=O) groups is 2. The first-order chi connectivity index (χ1) is 13.0. The van der Waals surface area contributed by atoms with Crippen LogP contribution in [0, 0.1) is 6.92 Å². The highest BCUT2D eigenvalue weighted by atomic mass is 16.5. The van der Waals surface area contributed by atoms with Crippen LogP contribution in [-0.4, -0.2) is 25.1 Å². The van der Waals surface area contributed by atoms with Crippen LogP contribution in [0.2, 0.25) is 0 Å². The van der Waals surface area contributed by atoms with Crippen LogP contribution in [0.4, 0.5) is 5.69 Å². The zero-order chi connectivity index (χ0) is 19.4. The maximum atomic E-state index is 12.5. The van der Waals surface area contributed by atoms with E-state index >= 15 is 0 Å². The standard InChI is InChI=1S/C22H21NO4/c1-14-19(22(25)26-3)9-6-10-20(14)23-21(24)15(2)27-18-12-11-16-7-4-5-8-17(16)13-18/h4-13,15H,1-3H3,(H,23,24). The first kappa shape index (κ1) is 18.5. The monoisotopic (exact) mass is 363 g/mol. The number of ether oxygens (including phenoxy) is 2. The van der Waals surface area contributed by atoms with Crippen molar-refractivity contribution in [3.05, 3.63) is 71.8 Å². The molecule has 5 nitrogen and oxygen atoms in total. The molecule has 0 heterocycles. The van der Waals surface area contributed by atoms with Crippen molar-refractivity contribution in [2.45, 2.75) is 20.0 Å². The second-order valence-corrected chi connectivity index (χ2v) is 6.23. The van der Waals surface area contributed by atoms with Gasteiger partial charge in [-0.25, -0.2) is 4.79 Å². The molecule has 0 saturated heterocycles. The van der Waals surface area contributed by atoms with E-state index in [4.69, 9.17) is 9.47 Å². The van der Waals surface area contributed by atoms with E-state index in [2.05, 4.69) is 5.32 Å². The molecule has 0 aliphatic carbocycles. The molecule has 27 heavy (non-hydrogen) atoms. The van der Waals surface area contributed by atoms with Crippen LogP contribution >= 0.6 is 0 Å². The Hall–Kier alpha value is -3.34. The van der Waals surface area contributed by atoms with Crippen LogP contribution in [-0.2, 0) is 9.53 Å². The minimum atomic E-state index is -0.702. The molecule has 0 aliphatic rings. The number of carbonyl (C=O) groups excluding carboxylic acids is 2. The number of anilines is 1. The Kier molecular flexibility index (Phi) is 5.41. The molecule has 3 rings (SSSR count). The number of benzene rings is 3. The predicted octanol–water partition coefficient (Wildman–Crippen LogP) is 4.34. The summed E-state index contributed by atoms with van der Waals surface area (Å²) < 4.78 is 10.6. The van der Waals surface area contributed by atoms with Crippen LogP contribution in [0.15, 0.2) is 60.7 Å². The summed E-state index contributed by atoms with van der Waals surface area (Å²) >= 11 is 0. The second kappa shape index (κ2) is 7.91. The molecule has 1 N–H and O–H groups in total. The van der Waals surface area contributed by atoms with Gasteiger partial charge in [-0.05, 0) is 54.4 Å². The quantitative estimate of drug-likeness (QED) is 0.685. The number of fused-ring (bicyclic) bond motifs is 1. The molecular weight excluding hydrogens is 342 g/mol. The highest BCUT2D eigenvalue weighted by Crippen LogP contribution is 2.23. The summed E-state index contributed by atoms with van der Waals surface area (Å²) in [5, 5.41) is 4.97. The Balaban J connectivity index is 1.73. The number of hydrogen-bond acceptors (Lipinski definition) is 4. The van der Waals surface area contributed by atoms with Crippen LogP contribution in [0.1, 0.15) is 22.8 Å². The van der Waals surface area contributed by atoms with Crippen molar-refractivity contribution in [2.75, 3.05) is 12.4 Å². The summed E-state index contributed by atoms with van der Waals surface area (Å²) in [4.78, 5) is 24.3. The van der Waals surface area contributed by atoms with Crippen molar-refractivity contribution >= 4 is 28.3 Å². The second-order valence-electron chi connectivity index (χ2n) is 6.23. The van der Waals surface area contributed by atoms with Crippen molar-refractivity contribution in [3.8, 4) is 5.75 Å². The molecular formula is C22H21NO4. The first-order valence-corrected chi connectivity index (χ1v) is 8.64. The zero-order valence-electron chi connectivity index (χ0n) is 15.5. The van der Waals surface area contributed by atoms with Crippen molar-refractivity contribution in [1.82, 2.24) is 0 Å². The third-order valence-corrected chi connectivity index (χ3v) is 4.40. The van der Waals surface area contributed by atoms with Crippen molar-refractivity contribution in [2.24, 2.45) is 0 Å². The average Bonchev–Trinajstić information content (AvgIpc) is 2.68. The Morgan fingerprint density at radius 3 is 2.44 bits per heavy atom. The van der Waals surface area contributed by atoms with E-state index in [1.54, 1.807) is 32.0 Å². The van der Waals surface area contributed by atoms with Crippen molar-refractivity contribution in [3.63, 3.8) is 0 Å². The largest absolute Gasteiger partial charge is 0.481 e. The molecule has 0 aromatic heterocycles. The minimum Gasteiger partial charge on any atom is -0.481 e. The molecule has 0 bridgehead atoms. The Bertz CT molecular complexity index is 997. The summed E-state index contributed by atoms with van der Waals surface area (Å²) in [6.07, 6.45) is -0.702. The molecule has 0 saturated carbocycles. The van der Waals surface area contributed by atoms with Gasteiger partial charge >= 0.3 is 5.97 Å². The Morgan fingerprint density at radius 2 is 1.70 bits per heavy atom. The third-order valence-electron chi connectivity index (χ3n) is 4.40. The molecule has 138 valence electrons. The smallest absolute Gasteiger partial charge is 0.338 e. The van der Waals surface area contributed by atoms with E-state index < -0.39 is 12.1 Å². The Morgan fingerprint density at radius 1 is 0.963 bits per heavy atom. The predicted molar refractivity (Wildman–Crippen MR) is 105 cm³/mol. The van der Waals surface area contributed by atoms with Gasteiger partial charge in [-0.1, -0.05) is 36.4 Å². The van der Waals surface area contributed by atoms with E-state index in [0.717, 1.165) is 10.8 Å². The molecule has 5 heteroatoms. The lowest BCUT2D eigenvalue weighted by molar-refractivity contribution is -0.122. The van der Waals surface area contributed by atoms with Gasteiger partial charge in [-0.3, -0.25) is 4.79 Å². The lowest BCUT2D eigenvalue weighted by Crippen LogP contribution is -2.30. The number of esters is 1. The summed E-state index contributed by atoms with van der Waals surface area (Å²) in [5.74, 6) is -0.117. The maximum Gasteiger partial charge on any atom is 0.338 e. The summed E-state index contributed by atoms with van der Waals surface area (Å²) in [6, 6.07) is 18.7. The van der Waals surface area contributed by atoms with Crippen molar-refractivity contribution < 1.29 is 19.1 Å². The fraction of sp³-hybridized carbons (Fsp3) is 0.182. The molecule has 3 aromatic rings. The first-order valence-electron chi connectivity index (χ1n) is 8.64. The van der Waals surface area contributed by atoms with Crippen molar-refractivity contribution in [1.29, 1.82) is 0 Å². The summed E-state index contributed by atoms with van der Waals surface area (Å²) in [5.41, 5.74) is 1.62. The summed E-state index contributed by atoms with van der Waals surface area (Å²) in [6.45, 7) is 3.45. The fourth-order valence-electron chi connectivity index (χ4n) is 2.83. The van der Waals surface area contributed by atoms with Gasteiger partial charge in [0.1, 0.15) is 5.75 Å². The topological polar surface area (TPSA) is 64.6 Å². The van der Waals surface area contributed by atoms with Gasteiger partial charge in [0.25, 0.3) is 5.91 Å². The maximum absolute atomic E-state index is 12.5.